The quantitative estimate of drug-likeness (QED) is 0.900. The van der Waals surface area contributed by atoms with Crippen LogP contribution >= 0.6 is 11.3 Å². The maximum absolute atomic E-state index is 13.7. The Bertz CT molecular complexity index is 770. The number of aryl methyl sites for hydroxylation is 1. The summed E-state index contributed by atoms with van der Waals surface area (Å²) in [7, 11) is -4.14. The van der Waals surface area contributed by atoms with E-state index in [1.165, 1.54) is 0 Å². The Morgan fingerprint density at radius 1 is 1.45 bits per heavy atom. The molecule has 0 atom stereocenters. The first kappa shape index (κ1) is 14.4. The van der Waals surface area contributed by atoms with E-state index in [4.69, 9.17) is 5.11 Å². The van der Waals surface area contributed by atoms with Crippen LogP contribution in [0.15, 0.2) is 28.5 Å². The Kier molecular flexibility index (Phi) is 3.73. The molecule has 2 aromatic rings. The summed E-state index contributed by atoms with van der Waals surface area (Å²) in [6.07, 6.45) is 0. The summed E-state index contributed by atoms with van der Waals surface area (Å²) in [6, 6.07) is 2.58. The van der Waals surface area contributed by atoms with Gasteiger partial charge in [0.05, 0.1) is 11.3 Å². The van der Waals surface area contributed by atoms with E-state index >= 15 is 0 Å². The van der Waals surface area contributed by atoms with Gasteiger partial charge in [0, 0.05) is 5.38 Å². The molecular weight excluding hydrogens is 307 g/mol. The normalized spacial score (nSPS) is 11.3. The predicted molar refractivity (Wildman–Crippen MR) is 71.0 cm³/mol. The van der Waals surface area contributed by atoms with Gasteiger partial charge >= 0.3 is 5.97 Å². The highest BCUT2D eigenvalue weighted by atomic mass is 32.2. The van der Waals surface area contributed by atoms with Gasteiger partial charge in [0.25, 0.3) is 10.0 Å². The average molecular weight is 316 g/mol. The van der Waals surface area contributed by atoms with Crippen LogP contribution in [0.3, 0.4) is 0 Å². The molecule has 1 heterocycles. The molecule has 0 aliphatic heterocycles. The second-order valence-electron chi connectivity index (χ2n) is 3.85. The van der Waals surface area contributed by atoms with E-state index in [9.17, 15) is 17.6 Å². The summed E-state index contributed by atoms with van der Waals surface area (Å²) in [5.41, 5.74) is 0.306. The van der Waals surface area contributed by atoms with E-state index in [2.05, 4.69) is 9.71 Å². The van der Waals surface area contributed by atoms with Gasteiger partial charge in [0.15, 0.2) is 5.13 Å². The molecule has 0 unspecified atom stereocenters. The van der Waals surface area contributed by atoms with Crippen molar-refractivity contribution in [3.8, 4) is 0 Å². The zero-order chi connectivity index (χ0) is 14.9. The number of rotatable bonds is 4. The largest absolute Gasteiger partial charge is 0.478 e. The van der Waals surface area contributed by atoms with Crippen molar-refractivity contribution in [3.05, 3.63) is 40.7 Å². The molecule has 0 aliphatic rings. The van der Waals surface area contributed by atoms with Crippen LogP contribution in [0.5, 0.6) is 0 Å². The van der Waals surface area contributed by atoms with Gasteiger partial charge in [0.2, 0.25) is 0 Å². The molecule has 9 heteroatoms. The number of halogens is 1. The molecule has 0 radical (unpaired) electrons. The predicted octanol–water partition coefficient (Wildman–Crippen LogP) is 2.09. The van der Waals surface area contributed by atoms with E-state index in [1.807, 2.05) is 0 Å². The molecule has 106 valence electrons. The number of hydrogen-bond acceptors (Lipinski definition) is 5. The zero-order valence-electron chi connectivity index (χ0n) is 10.1. The van der Waals surface area contributed by atoms with Crippen LogP contribution in [-0.4, -0.2) is 24.5 Å². The molecule has 0 saturated heterocycles. The van der Waals surface area contributed by atoms with E-state index in [1.54, 1.807) is 12.3 Å². The summed E-state index contributed by atoms with van der Waals surface area (Å²) in [5.74, 6) is -2.47. The van der Waals surface area contributed by atoms with E-state index in [0.717, 1.165) is 23.5 Å². The molecule has 0 bridgehead atoms. The van der Waals surface area contributed by atoms with Gasteiger partial charge in [0.1, 0.15) is 10.7 Å². The van der Waals surface area contributed by atoms with Crippen LogP contribution in [0.2, 0.25) is 0 Å². The first-order chi connectivity index (χ1) is 9.29. The minimum absolute atomic E-state index is 0.115. The number of nitrogens with zero attached hydrogens (tertiary/aromatic N) is 1. The minimum Gasteiger partial charge on any atom is -0.478 e. The number of sulfonamides is 1. The van der Waals surface area contributed by atoms with Crippen molar-refractivity contribution in [1.29, 1.82) is 0 Å². The second-order valence-corrected chi connectivity index (χ2v) is 6.36. The third-order valence-corrected chi connectivity index (χ3v) is 4.69. The monoisotopic (exact) mass is 316 g/mol. The molecule has 0 aliphatic carbocycles. The molecule has 2 rings (SSSR count). The Morgan fingerprint density at radius 2 is 2.15 bits per heavy atom. The van der Waals surface area contributed by atoms with Crippen molar-refractivity contribution < 1.29 is 22.7 Å². The maximum Gasteiger partial charge on any atom is 0.335 e. The van der Waals surface area contributed by atoms with Crippen molar-refractivity contribution in [3.63, 3.8) is 0 Å². The molecule has 0 saturated carbocycles. The van der Waals surface area contributed by atoms with Crippen molar-refractivity contribution in [2.24, 2.45) is 0 Å². The third-order valence-electron chi connectivity index (χ3n) is 2.31. The van der Waals surface area contributed by atoms with E-state index in [0.29, 0.717) is 11.8 Å². The fourth-order valence-electron chi connectivity index (χ4n) is 1.42. The van der Waals surface area contributed by atoms with Gasteiger partial charge in [-0.1, -0.05) is 0 Å². The minimum atomic E-state index is -4.14. The summed E-state index contributed by atoms with van der Waals surface area (Å²) in [4.78, 5) is 13.9. The van der Waals surface area contributed by atoms with Gasteiger partial charge in [-0.15, -0.1) is 11.3 Å². The number of carbonyl (C=O) groups is 1. The van der Waals surface area contributed by atoms with Gasteiger partial charge in [-0.2, -0.15) is 0 Å². The maximum atomic E-state index is 13.7. The summed E-state index contributed by atoms with van der Waals surface area (Å²) in [6.45, 7) is 1.69. The number of carboxylic acids is 1. The zero-order valence-corrected chi connectivity index (χ0v) is 11.8. The van der Waals surface area contributed by atoms with Crippen molar-refractivity contribution in [2.75, 3.05) is 4.72 Å². The van der Waals surface area contributed by atoms with Gasteiger partial charge < -0.3 is 5.11 Å². The third kappa shape index (κ3) is 2.94. The fraction of sp³-hybridized carbons (Fsp3) is 0.0909. The first-order valence-corrected chi connectivity index (χ1v) is 7.63. The smallest absolute Gasteiger partial charge is 0.335 e. The molecule has 2 N–H and O–H groups in total. The van der Waals surface area contributed by atoms with Crippen molar-refractivity contribution in [2.45, 2.75) is 11.8 Å². The van der Waals surface area contributed by atoms with Crippen LogP contribution in [0.1, 0.15) is 16.1 Å². The topological polar surface area (TPSA) is 96.4 Å². The van der Waals surface area contributed by atoms with Crippen LogP contribution in [0, 0.1) is 12.7 Å². The number of aromatic nitrogens is 1. The average Bonchev–Trinajstić information content (AvgIpc) is 2.73. The molecule has 0 spiro atoms. The fourth-order valence-corrected chi connectivity index (χ4v) is 3.42. The van der Waals surface area contributed by atoms with E-state index in [-0.39, 0.29) is 10.7 Å². The van der Waals surface area contributed by atoms with Crippen LogP contribution in [-0.2, 0) is 10.0 Å². The number of hydrogen-bond donors (Lipinski definition) is 2. The molecule has 0 fully saturated rings. The lowest BCUT2D eigenvalue weighted by molar-refractivity contribution is 0.0696. The molecule has 20 heavy (non-hydrogen) atoms. The molecule has 0 amide bonds. The van der Waals surface area contributed by atoms with Crippen molar-refractivity contribution >= 4 is 32.5 Å². The van der Waals surface area contributed by atoms with E-state index < -0.39 is 26.7 Å². The molecular formula is C11H9FN2O4S2. The summed E-state index contributed by atoms with van der Waals surface area (Å²) < 4.78 is 39.8. The number of thiazole rings is 1. The highest BCUT2D eigenvalue weighted by Crippen LogP contribution is 2.22. The van der Waals surface area contributed by atoms with Gasteiger partial charge in [-0.3, -0.25) is 4.72 Å². The summed E-state index contributed by atoms with van der Waals surface area (Å²) >= 11 is 1.07. The highest BCUT2D eigenvalue weighted by Gasteiger charge is 2.21. The number of benzene rings is 1. The van der Waals surface area contributed by atoms with Crippen LogP contribution in [0.25, 0.3) is 0 Å². The SMILES string of the molecule is Cc1csc(NS(=O)(=O)c2ccc(C(=O)O)cc2F)n1. The molecule has 6 nitrogen and oxygen atoms in total. The number of carboxylic acid groups (broad SMARTS) is 1. The number of anilines is 1. The van der Waals surface area contributed by atoms with Crippen molar-refractivity contribution in [1.82, 2.24) is 4.98 Å². The summed E-state index contributed by atoms with van der Waals surface area (Å²) in [5, 5.41) is 10.5. The standard InChI is InChI=1S/C11H9FN2O4S2/c1-6-5-19-11(13-6)14-20(17,18)9-3-2-7(10(15)16)4-8(9)12/h2-5H,1H3,(H,13,14)(H,15,16). The van der Waals surface area contributed by atoms with Gasteiger partial charge in [-0.05, 0) is 25.1 Å². The van der Waals surface area contributed by atoms with Crippen LogP contribution < -0.4 is 4.72 Å². The Balaban J connectivity index is 2.37. The second kappa shape index (κ2) is 5.17. The van der Waals surface area contributed by atoms with Crippen LogP contribution in [0.4, 0.5) is 9.52 Å². The lowest BCUT2D eigenvalue weighted by atomic mass is 10.2. The molecule has 1 aromatic heterocycles. The Hall–Kier alpha value is -2.00. The highest BCUT2D eigenvalue weighted by molar-refractivity contribution is 7.93. The lowest BCUT2D eigenvalue weighted by Crippen LogP contribution is -2.15. The number of aromatic carboxylic acids is 1. The van der Waals surface area contributed by atoms with Gasteiger partial charge in [-0.25, -0.2) is 22.6 Å². The first-order valence-electron chi connectivity index (χ1n) is 5.27. The Labute approximate surface area is 118 Å². The Morgan fingerprint density at radius 3 is 2.65 bits per heavy atom. The number of nitrogens with one attached hydrogen (secondary N) is 1. The molecule has 1 aromatic carbocycles. The lowest BCUT2D eigenvalue weighted by Gasteiger charge is -2.06.